The van der Waals surface area contributed by atoms with Crippen LogP contribution in [0.1, 0.15) is 19.4 Å². The molecule has 7 heteroatoms. The van der Waals surface area contributed by atoms with Crippen molar-refractivity contribution in [3.8, 4) is 5.75 Å². The first kappa shape index (κ1) is 19.9. The number of benzene rings is 2. The summed E-state index contributed by atoms with van der Waals surface area (Å²) in [5.74, 6) is 0.350. The zero-order valence-corrected chi connectivity index (χ0v) is 16.0. The molecule has 140 valence electrons. The highest BCUT2D eigenvalue weighted by atomic mass is 32.2. The predicted molar refractivity (Wildman–Crippen MR) is 100 cm³/mol. The Labute approximate surface area is 154 Å². The summed E-state index contributed by atoms with van der Waals surface area (Å²) < 4.78 is 32.3. The number of hydrogen-bond donors (Lipinski definition) is 2. The van der Waals surface area contributed by atoms with Crippen LogP contribution in [0.5, 0.6) is 5.75 Å². The Morgan fingerprint density at radius 1 is 1.04 bits per heavy atom. The molecule has 1 amide bonds. The maximum Gasteiger partial charge on any atom is 0.240 e. The van der Waals surface area contributed by atoms with E-state index in [1.165, 1.54) is 19.2 Å². The molecule has 0 aromatic heterocycles. The maximum atomic E-state index is 12.4. The Kier molecular flexibility index (Phi) is 6.39. The van der Waals surface area contributed by atoms with E-state index < -0.39 is 15.4 Å². The Morgan fingerprint density at radius 2 is 1.65 bits per heavy atom. The molecule has 0 fully saturated rings. The van der Waals surface area contributed by atoms with Gasteiger partial charge in [-0.1, -0.05) is 30.3 Å². The van der Waals surface area contributed by atoms with Crippen molar-refractivity contribution in [1.82, 2.24) is 10.0 Å². The van der Waals surface area contributed by atoms with Gasteiger partial charge in [0.15, 0.2) is 0 Å². The number of sulfonamides is 1. The van der Waals surface area contributed by atoms with E-state index in [0.29, 0.717) is 12.3 Å². The lowest BCUT2D eigenvalue weighted by Crippen LogP contribution is -2.44. The highest BCUT2D eigenvalue weighted by Crippen LogP contribution is 2.18. The lowest BCUT2D eigenvalue weighted by atomic mass is 9.92. The van der Waals surface area contributed by atoms with Crippen molar-refractivity contribution in [2.24, 2.45) is 5.41 Å². The number of carbonyl (C=O) groups is 1. The topological polar surface area (TPSA) is 84.5 Å². The molecule has 0 unspecified atom stereocenters. The second kappa shape index (κ2) is 8.33. The minimum Gasteiger partial charge on any atom is -0.497 e. The lowest BCUT2D eigenvalue weighted by molar-refractivity contribution is -0.129. The minimum absolute atomic E-state index is 0.0119. The molecule has 0 aliphatic heterocycles. The van der Waals surface area contributed by atoms with Crippen LogP contribution in [0.4, 0.5) is 0 Å². The zero-order valence-electron chi connectivity index (χ0n) is 15.2. The van der Waals surface area contributed by atoms with Crippen LogP contribution in [0.3, 0.4) is 0 Å². The van der Waals surface area contributed by atoms with E-state index in [1.807, 2.05) is 30.3 Å². The van der Waals surface area contributed by atoms with Gasteiger partial charge in [0.05, 0.1) is 17.4 Å². The van der Waals surface area contributed by atoms with Crippen LogP contribution in [-0.4, -0.2) is 28.0 Å². The highest BCUT2D eigenvalue weighted by Gasteiger charge is 2.29. The van der Waals surface area contributed by atoms with Gasteiger partial charge in [-0.25, -0.2) is 13.1 Å². The van der Waals surface area contributed by atoms with Gasteiger partial charge in [0.1, 0.15) is 5.75 Å². The standard InChI is InChI=1S/C19H24N2O4S/c1-19(2,18(22)20-13-15-7-5-4-6-8-15)14-21-26(23,24)17-11-9-16(25-3)10-12-17/h4-12,21H,13-14H2,1-3H3,(H,20,22). The van der Waals surface area contributed by atoms with Gasteiger partial charge in [-0.3, -0.25) is 4.79 Å². The van der Waals surface area contributed by atoms with Crippen molar-refractivity contribution in [2.45, 2.75) is 25.3 Å². The third kappa shape index (κ3) is 5.31. The molecule has 0 spiro atoms. The van der Waals surface area contributed by atoms with Crippen molar-refractivity contribution < 1.29 is 17.9 Å². The van der Waals surface area contributed by atoms with Crippen molar-refractivity contribution in [2.75, 3.05) is 13.7 Å². The van der Waals surface area contributed by atoms with Crippen molar-refractivity contribution in [3.05, 3.63) is 60.2 Å². The summed E-state index contributed by atoms with van der Waals surface area (Å²) in [6.45, 7) is 3.78. The highest BCUT2D eigenvalue weighted by molar-refractivity contribution is 7.89. The van der Waals surface area contributed by atoms with E-state index in [-0.39, 0.29) is 17.3 Å². The molecule has 26 heavy (non-hydrogen) atoms. The van der Waals surface area contributed by atoms with Crippen molar-refractivity contribution >= 4 is 15.9 Å². The molecule has 0 heterocycles. The normalized spacial score (nSPS) is 11.8. The third-order valence-corrected chi connectivity index (χ3v) is 5.40. The van der Waals surface area contributed by atoms with Gasteiger partial charge in [0, 0.05) is 13.1 Å². The summed E-state index contributed by atoms with van der Waals surface area (Å²) in [7, 11) is -2.19. The summed E-state index contributed by atoms with van der Waals surface area (Å²) in [6.07, 6.45) is 0. The molecule has 0 aliphatic rings. The second-order valence-corrected chi connectivity index (χ2v) is 8.32. The summed E-state index contributed by atoms with van der Waals surface area (Å²) in [4.78, 5) is 12.5. The molecule has 2 aromatic carbocycles. The van der Waals surface area contributed by atoms with Crippen LogP contribution in [0.15, 0.2) is 59.5 Å². The van der Waals surface area contributed by atoms with Crippen molar-refractivity contribution in [3.63, 3.8) is 0 Å². The summed E-state index contributed by atoms with van der Waals surface area (Å²) in [6, 6.07) is 15.6. The van der Waals surface area contributed by atoms with Gasteiger partial charge >= 0.3 is 0 Å². The average Bonchev–Trinajstić information content (AvgIpc) is 2.65. The summed E-state index contributed by atoms with van der Waals surface area (Å²) in [5, 5.41) is 2.84. The SMILES string of the molecule is COc1ccc(S(=O)(=O)NCC(C)(C)C(=O)NCc2ccccc2)cc1. The van der Waals surface area contributed by atoms with E-state index in [9.17, 15) is 13.2 Å². The van der Waals surface area contributed by atoms with Crippen molar-refractivity contribution in [1.29, 1.82) is 0 Å². The Balaban J connectivity index is 1.95. The van der Waals surface area contributed by atoms with E-state index in [1.54, 1.807) is 26.0 Å². The fraction of sp³-hybridized carbons (Fsp3) is 0.316. The molecule has 0 saturated carbocycles. The number of nitrogens with one attached hydrogen (secondary N) is 2. The monoisotopic (exact) mass is 376 g/mol. The fourth-order valence-electron chi connectivity index (χ4n) is 2.21. The summed E-state index contributed by atoms with van der Waals surface area (Å²) >= 11 is 0. The van der Waals surface area contributed by atoms with Gasteiger partial charge in [0.2, 0.25) is 15.9 Å². The number of rotatable bonds is 8. The lowest BCUT2D eigenvalue weighted by Gasteiger charge is -2.24. The van der Waals surface area contributed by atoms with Crippen LogP contribution in [-0.2, 0) is 21.4 Å². The van der Waals surface area contributed by atoms with Gasteiger partial charge in [-0.2, -0.15) is 0 Å². The first-order valence-electron chi connectivity index (χ1n) is 8.20. The average molecular weight is 376 g/mol. The van der Waals surface area contributed by atoms with Crippen LogP contribution in [0.2, 0.25) is 0 Å². The van der Waals surface area contributed by atoms with Gasteiger partial charge in [0.25, 0.3) is 0 Å². The molecule has 2 rings (SSSR count). The molecule has 0 bridgehead atoms. The van der Waals surface area contributed by atoms with Gasteiger partial charge < -0.3 is 10.1 Å². The molecule has 2 N–H and O–H groups in total. The Hall–Kier alpha value is -2.38. The quantitative estimate of drug-likeness (QED) is 0.740. The molecule has 2 aromatic rings. The molecule has 0 aliphatic carbocycles. The minimum atomic E-state index is -3.70. The molecule has 0 radical (unpaired) electrons. The number of hydrogen-bond acceptors (Lipinski definition) is 4. The zero-order chi connectivity index (χ0) is 19.2. The molecule has 0 saturated heterocycles. The molecular weight excluding hydrogens is 352 g/mol. The van der Waals surface area contributed by atoms with Crippen LogP contribution in [0, 0.1) is 5.41 Å². The third-order valence-electron chi connectivity index (χ3n) is 3.98. The first-order chi connectivity index (χ1) is 12.2. The van der Waals surface area contributed by atoms with E-state index in [2.05, 4.69) is 10.0 Å². The Morgan fingerprint density at radius 3 is 2.23 bits per heavy atom. The first-order valence-corrected chi connectivity index (χ1v) is 9.69. The Bertz CT molecular complexity index is 832. The van der Waals surface area contributed by atoms with Crippen LogP contribution >= 0.6 is 0 Å². The summed E-state index contributed by atoms with van der Waals surface area (Å²) in [5.41, 5.74) is 0.0874. The molecular formula is C19H24N2O4S. The van der Waals surface area contributed by atoms with Gasteiger partial charge in [-0.15, -0.1) is 0 Å². The predicted octanol–water partition coefficient (Wildman–Crippen LogP) is 2.32. The van der Waals surface area contributed by atoms with E-state index in [0.717, 1.165) is 5.56 Å². The second-order valence-electron chi connectivity index (χ2n) is 6.55. The smallest absolute Gasteiger partial charge is 0.240 e. The fourth-order valence-corrected chi connectivity index (χ4v) is 3.42. The molecule has 0 atom stereocenters. The number of amides is 1. The largest absolute Gasteiger partial charge is 0.497 e. The maximum absolute atomic E-state index is 12.4. The van der Waals surface area contributed by atoms with E-state index in [4.69, 9.17) is 4.74 Å². The van der Waals surface area contributed by atoms with Crippen LogP contribution < -0.4 is 14.8 Å². The number of ether oxygens (including phenoxy) is 1. The van der Waals surface area contributed by atoms with Gasteiger partial charge in [-0.05, 0) is 43.7 Å². The van der Waals surface area contributed by atoms with Crippen LogP contribution in [0.25, 0.3) is 0 Å². The number of methoxy groups -OCH3 is 1. The number of carbonyl (C=O) groups excluding carboxylic acids is 1. The molecule has 6 nitrogen and oxygen atoms in total. The van der Waals surface area contributed by atoms with E-state index >= 15 is 0 Å².